The van der Waals surface area contributed by atoms with Gasteiger partial charge in [0.15, 0.2) is 6.61 Å². The fourth-order valence-electron chi connectivity index (χ4n) is 1.77. The van der Waals surface area contributed by atoms with E-state index in [-0.39, 0.29) is 12.6 Å². The van der Waals surface area contributed by atoms with Gasteiger partial charge >= 0.3 is 6.09 Å². The zero-order valence-corrected chi connectivity index (χ0v) is 9.81. The van der Waals surface area contributed by atoms with Gasteiger partial charge in [-0.05, 0) is 19.1 Å². The van der Waals surface area contributed by atoms with Crippen molar-refractivity contribution in [1.29, 1.82) is 0 Å². The molecule has 0 radical (unpaired) electrons. The number of hydrogen-bond donors (Lipinski definition) is 0. The average molecular weight is 257 g/mol. The minimum Gasteiger partial charge on any atom is -0.487 e. The summed E-state index contributed by atoms with van der Waals surface area (Å²) in [4.78, 5) is 13.0. The predicted octanol–water partition coefficient (Wildman–Crippen LogP) is 2.68. The van der Waals surface area contributed by atoms with E-state index in [4.69, 9.17) is 4.74 Å². The molecule has 1 aliphatic heterocycles. The minimum atomic E-state index is -2.66. The Morgan fingerprint density at radius 1 is 1.56 bits per heavy atom. The molecule has 0 bridgehead atoms. The van der Waals surface area contributed by atoms with Crippen molar-refractivity contribution in [3.05, 3.63) is 24.3 Å². The van der Waals surface area contributed by atoms with E-state index in [1.807, 2.05) is 0 Å². The van der Waals surface area contributed by atoms with Crippen LogP contribution in [0.15, 0.2) is 24.3 Å². The van der Waals surface area contributed by atoms with Crippen LogP contribution in [0, 0.1) is 0 Å². The van der Waals surface area contributed by atoms with Gasteiger partial charge in [-0.25, -0.2) is 13.6 Å². The number of fused-ring (bicyclic) bond motifs is 1. The van der Waals surface area contributed by atoms with Crippen LogP contribution in [0.5, 0.6) is 5.75 Å². The van der Waals surface area contributed by atoms with Gasteiger partial charge in [0, 0.05) is 0 Å². The van der Waals surface area contributed by atoms with Crippen LogP contribution in [0.3, 0.4) is 0 Å². The summed E-state index contributed by atoms with van der Waals surface area (Å²) in [6.07, 6.45) is -3.65. The standard InChI is InChI=1S/C12H13F2NO3/c1-8-6-15(12(16)17-7-11(13)14)9-4-2-3-5-10(9)18-8/h2-5,8,11H,6-7H2,1H3. The molecule has 0 aromatic heterocycles. The molecule has 0 spiro atoms. The largest absolute Gasteiger partial charge is 0.487 e. The fourth-order valence-corrected chi connectivity index (χ4v) is 1.77. The van der Waals surface area contributed by atoms with Crippen molar-refractivity contribution < 1.29 is 23.0 Å². The van der Waals surface area contributed by atoms with Crippen LogP contribution in [0.1, 0.15) is 6.92 Å². The van der Waals surface area contributed by atoms with Gasteiger partial charge in [-0.1, -0.05) is 12.1 Å². The van der Waals surface area contributed by atoms with Crippen molar-refractivity contribution in [2.24, 2.45) is 0 Å². The second-order valence-electron chi connectivity index (χ2n) is 3.97. The maximum absolute atomic E-state index is 12.0. The second kappa shape index (κ2) is 5.20. The van der Waals surface area contributed by atoms with E-state index in [0.717, 1.165) is 0 Å². The van der Waals surface area contributed by atoms with Crippen LogP contribution in [0.25, 0.3) is 0 Å². The molecule has 0 saturated carbocycles. The van der Waals surface area contributed by atoms with E-state index < -0.39 is 19.1 Å². The molecule has 0 saturated heterocycles. The lowest BCUT2D eigenvalue weighted by Crippen LogP contribution is -2.43. The molecule has 0 N–H and O–H groups in total. The zero-order chi connectivity index (χ0) is 13.1. The first-order chi connectivity index (χ1) is 8.58. The summed E-state index contributed by atoms with van der Waals surface area (Å²) >= 11 is 0. The van der Waals surface area contributed by atoms with Gasteiger partial charge in [-0.3, -0.25) is 4.90 Å². The van der Waals surface area contributed by atoms with E-state index in [0.29, 0.717) is 11.4 Å². The van der Waals surface area contributed by atoms with Gasteiger partial charge in [0.2, 0.25) is 0 Å². The zero-order valence-electron chi connectivity index (χ0n) is 9.81. The van der Waals surface area contributed by atoms with Crippen LogP contribution in [0.2, 0.25) is 0 Å². The molecular formula is C12H13F2NO3. The molecular weight excluding hydrogens is 244 g/mol. The van der Waals surface area contributed by atoms with Crippen molar-refractivity contribution in [3.8, 4) is 5.75 Å². The van der Waals surface area contributed by atoms with Crippen molar-refractivity contribution in [2.45, 2.75) is 19.5 Å². The quantitative estimate of drug-likeness (QED) is 0.817. The number of ether oxygens (including phenoxy) is 2. The predicted molar refractivity (Wildman–Crippen MR) is 61.2 cm³/mol. The molecule has 1 amide bonds. The molecule has 1 unspecified atom stereocenters. The van der Waals surface area contributed by atoms with E-state index in [2.05, 4.69) is 4.74 Å². The van der Waals surface area contributed by atoms with Crippen LogP contribution < -0.4 is 9.64 Å². The Morgan fingerprint density at radius 3 is 3.00 bits per heavy atom. The highest BCUT2D eigenvalue weighted by Crippen LogP contribution is 2.33. The molecule has 1 aliphatic rings. The van der Waals surface area contributed by atoms with E-state index in [1.54, 1.807) is 31.2 Å². The molecule has 4 nitrogen and oxygen atoms in total. The molecule has 1 aromatic carbocycles. The Labute approximate surface area is 103 Å². The fraction of sp³-hybridized carbons (Fsp3) is 0.417. The number of anilines is 1. The first-order valence-electron chi connectivity index (χ1n) is 5.56. The Kier molecular flexibility index (Phi) is 3.64. The highest BCUT2D eigenvalue weighted by Gasteiger charge is 2.28. The molecule has 6 heteroatoms. The number of alkyl halides is 2. The number of carbonyl (C=O) groups is 1. The van der Waals surface area contributed by atoms with E-state index in [1.165, 1.54) is 4.90 Å². The van der Waals surface area contributed by atoms with E-state index in [9.17, 15) is 13.6 Å². The van der Waals surface area contributed by atoms with Gasteiger partial charge in [-0.15, -0.1) is 0 Å². The van der Waals surface area contributed by atoms with Gasteiger partial charge in [0.05, 0.1) is 12.2 Å². The molecule has 1 atom stereocenters. The number of hydrogen-bond acceptors (Lipinski definition) is 3. The second-order valence-corrected chi connectivity index (χ2v) is 3.97. The van der Waals surface area contributed by atoms with E-state index >= 15 is 0 Å². The molecule has 0 fully saturated rings. The third kappa shape index (κ3) is 2.69. The number of rotatable bonds is 2. The Bertz CT molecular complexity index is 439. The first-order valence-corrected chi connectivity index (χ1v) is 5.56. The third-order valence-electron chi connectivity index (χ3n) is 2.48. The number of carbonyl (C=O) groups excluding carboxylic acids is 1. The Morgan fingerprint density at radius 2 is 2.28 bits per heavy atom. The van der Waals surface area contributed by atoms with Gasteiger partial charge < -0.3 is 9.47 Å². The van der Waals surface area contributed by atoms with Crippen LogP contribution in [-0.2, 0) is 4.74 Å². The number of amides is 1. The number of nitrogens with zero attached hydrogens (tertiary/aromatic N) is 1. The summed E-state index contributed by atoms with van der Waals surface area (Å²) in [6.45, 7) is 1.18. The molecule has 1 aromatic rings. The highest BCUT2D eigenvalue weighted by atomic mass is 19.3. The molecule has 98 valence electrons. The monoisotopic (exact) mass is 257 g/mol. The van der Waals surface area contributed by atoms with Crippen LogP contribution in [-0.4, -0.2) is 31.8 Å². The number of halogens is 2. The Balaban J connectivity index is 2.15. The van der Waals surface area contributed by atoms with Gasteiger partial charge in [-0.2, -0.15) is 0 Å². The summed E-state index contributed by atoms with van der Waals surface area (Å²) in [6, 6.07) is 6.92. The SMILES string of the molecule is CC1CN(C(=O)OCC(F)F)c2ccccc2O1. The normalized spacial score (nSPS) is 18.2. The molecule has 2 rings (SSSR count). The van der Waals surface area contributed by atoms with Crippen molar-refractivity contribution in [2.75, 3.05) is 18.1 Å². The van der Waals surface area contributed by atoms with Crippen LogP contribution >= 0.6 is 0 Å². The lowest BCUT2D eigenvalue weighted by molar-refractivity contribution is 0.0505. The smallest absolute Gasteiger partial charge is 0.414 e. The minimum absolute atomic E-state index is 0.209. The molecule has 0 aliphatic carbocycles. The number of benzene rings is 1. The molecule has 1 heterocycles. The average Bonchev–Trinajstić information content (AvgIpc) is 2.34. The summed E-state index contributed by atoms with van der Waals surface area (Å²) in [5.74, 6) is 0.547. The highest BCUT2D eigenvalue weighted by molar-refractivity contribution is 5.90. The van der Waals surface area contributed by atoms with Crippen LogP contribution in [0.4, 0.5) is 19.3 Å². The maximum atomic E-state index is 12.0. The topological polar surface area (TPSA) is 38.8 Å². The lowest BCUT2D eigenvalue weighted by Gasteiger charge is -2.32. The summed E-state index contributed by atoms with van der Waals surface area (Å²) in [5.41, 5.74) is 0.537. The summed E-state index contributed by atoms with van der Waals surface area (Å²) in [7, 11) is 0. The van der Waals surface area contributed by atoms with Gasteiger partial charge in [0.25, 0.3) is 6.43 Å². The van der Waals surface area contributed by atoms with Crippen molar-refractivity contribution >= 4 is 11.8 Å². The molecule has 18 heavy (non-hydrogen) atoms. The van der Waals surface area contributed by atoms with Crippen molar-refractivity contribution in [1.82, 2.24) is 0 Å². The summed E-state index contributed by atoms with van der Waals surface area (Å²) < 4.78 is 34.1. The number of para-hydroxylation sites is 2. The third-order valence-corrected chi connectivity index (χ3v) is 2.48. The van der Waals surface area contributed by atoms with Gasteiger partial charge in [0.1, 0.15) is 11.9 Å². The summed E-state index contributed by atoms with van der Waals surface area (Å²) in [5, 5.41) is 0. The maximum Gasteiger partial charge on any atom is 0.414 e. The van der Waals surface area contributed by atoms with Crippen molar-refractivity contribution in [3.63, 3.8) is 0 Å². The Hall–Kier alpha value is -1.85. The first kappa shape index (κ1) is 12.6. The lowest BCUT2D eigenvalue weighted by atomic mass is 10.2.